The van der Waals surface area contributed by atoms with Gasteiger partial charge in [0.2, 0.25) is 0 Å². The smallest absolute Gasteiger partial charge is 0.280 e. The van der Waals surface area contributed by atoms with E-state index in [-0.39, 0.29) is 0 Å². The fraction of sp³-hybridized carbons (Fsp3) is 0.333. The van der Waals surface area contributed by atoms with Gasteiger partial charge in [0.1, 0.15) is 0 Å². The molecule has 68 valence electrons. The van der Waals surface area contributed by atoms with Gasteiger partial charge in [-0.05, 0) is 0 Å². The summed E-state index contributed by atoms with van der Waals surface area (Å²) in [5.41, 5.74) is 0.585. The number of aryl methyl sites for hydroxylation is 1. The zero-order chi connectivity index (χ0) is 9.26. The van der Waals surface area contributed by atoms with E-state index in [1.165, 1.54) is 4.80 Å². The van der Waals surface area contributed by atoms with Crippen LogP contribution in [0.25, 0.3) is 11.6 Å². The Kier molecular flexibility index (Phi) is 2.09. The average molecular weight is 244 g/mol. The number of halogens is 1. The highest BCUT2D eigenvalue weighted by Gasteiger charge is 2.10. The van der Waals surface area contributed by atoms with Gasteiger partial charge in [0.25, 0.3) is 5.89 Å². The van der Waals surface area contributed by atoms with Gasteiger partial charge in [0.05, 0.1) is 11.5 Å². The summed E-state index contributed by atoms with van der Waals surface area (Å²) in [5.74, 6) is 0.989. The molecule has 0 aromatic carbocycles. The lowest BCUT2D eigenvalue weighted by Crippen LogP contribution is -1.91. The summed E-state index contributed by atoms with van der Waals surface area (Å²) in [6.07, 6.45) is 1.57. The Morgan fingerprint density at radius 1 is 1.62 bits per heavy atom. The fourth-order valence-electron chi connectivity index (χ4n) is 0.856. The monoisotopic (exact) mass is 243 g/mol. The van der Waals surface area contributed by atoms with Gasteiger partial charge in [-0.1, -0.05) is 21.1 Å². The van der Waals surface area contributed by atoms with E-state index in [1.54, 1.807) is 13.2 Å². The lowest BCUT2D eigenvalue weighted by molar-refractivity contribution is 0.423. The van der Waals surface area contributed by atoms with Crippen molar-refractivity contribution in [2.75, 3.05) is 0 Å². The van der Waals surface area contributed by atoms with Crippen LogP contribution in [-0.2, 0) is 12.4 Å². The highest BCUT2D eigenvalue weighted by molar-refractivity contribution is 9.08. The highest BCUT2D eigenvalue weighted by atomic mass is 79.9. The van der Waals surface area contributed by atoms with Gasteiger partial charge in [-0.15, -0.1) is 5.10 Å². The summed E-state index contributed by atoms with van der Waals surface area (Å²) in [6.45, 7) is 0. The zero-order valence-corrected chi connectivity index (χ0v) is 8.39. The summed E-state index contributed by atoms with van der Waals surface area (Å²) in [6, 6.07) is 0. The third kappa shape index (κ3) is 1.59. The number of aromatic nitrogens is 5. The van der Waals surface area contributed by atoms with Gasteiger partial charge in [-0.25, -0.2) is 0 Å². The van der Waals surface area contributed by atoms with Crippen molar-refractivity contribution in [3.63, 3.8) is 0 Å². The topological polar surface area (TPSA) is 69.6 Å². The maximum absolute atomic E-state index is 4.95. The first kappa shape index (κ1) is 8.36. The van der Waals surface area contributed by atoms with E-state index in [1.807, 2.05) is 0 Å². The minimum Gasteiger partial charge on any atom is -0.332 e. The van der Waals surface area contributed by atoms with Crippen LogP contribution in [0.2, 0.25) is 0 Å². The molecule has 0 saturated carbocycles. The van der Waals surface area contributed by atoms with Crippen LogP contribution in [0, 0.1) is 0 Å². The molecule has 6 nitrogen and oxygen atoms in total. The predicted octanol–water partition coefficient (Wildman–Crippen LogP) is 0.760. The molecule has 0 aliphatic rings. The number of hydrogen-bond acceptors (Lipinski definition) is 5. The second kappa shape index (κ2) is 3.25. The Morgan fingerprint density at radius 3 is 3.00 bits per heavy atom. The van der Waals surface area contributed by atoms with Gasteiger partial charge >= 0.3 is 0 Å². The molecule has 0 radical (unpaired) electrons. The van der Waals surface area contributed by atoms with E-state index in [0.29, 0.717) is 22.7 Å². The minimum atomic E-state index is 0.391. The number of nitrogens with zero attached hydrogens (tertiary/aromatic N) is 5. The molecule has 0 atom stereocenters. The fourth-order valence-corrected chi connectivity index (χ4v) is 1.08. The van der Waals surface area contributed by atoms with Crippen molar-refractivity contribution in [1.82, 2.24) is 25.1 Å². The molecule has 0 spiro atoms. The predicted molar refractivity (Wildman–Crippen MR) is 46.9 cm³/mol. The molecule has 0 fully saturated rings. The molecule has 2 rings (SSSR count). The van der Waals surface area contributed by atoms with Gasteiger partial charge in [-0.2, -0.15) is 14.9 Å². The number of hydrogen-bond donors (Lipinski definition) is 0. The van der Waals surface area contributed by atoms with Crippen molar-refractivity contribution in [3.05, 3.63) is 12.0 Å². The Bertz CT molecular complexity index is 409. The van der Waals surface area contributed by atoms with Crippen molar-refractivity contribution >= 4 is 15.9 Å². The molecule has 0 unspecified atom stereocenters. The second-order valence-corrected chi connectivity index (χ2v) is 2.93. The number of rotatable bonds is 2. The Morgan fingerprint density at radius 2 is 2.46 bits per heavy atom. The van der Waals surface area contributed by atoms with Crippen LogP contribution in [0.15, 0.2) is 10.7 Å². The summed E-state index contributed by atoms with van der Waals surface area (Å²) in [5, 5.41) is 12.2. The standard InChI is InChI=1S/C6H6BrN5O/c1-12-8-3-4(10-12)6-9-5(2-7)11-13-6/h3H,2H2,1H3. The molecule has 2 aromatic heterocycles. The van der Waals surface area contributed by atoms with Gasteiger partial charge in [0, 0.05) is 7.05 Å². The third-order valence-corrected chi connectivity index (χ3v) is 1.91. The third-order valence-electron chi connectivity index (χ3n) is 1.41. The first-order chi connectivity index (χ1) is 6.29. The summed E-state index contributed by atoms with van der Waals surface area (Å²) < 4.78 is 4.95. The molecular weight excluding hydrogens is 238 g/mol. The lowest BCUT2D eigenvalue weighted by Gasteiger charge is -1.82. The molecule has 0 aliphatic heterocycles. The van der Waals surface area contributed by atoms with Crippen molar-refractivity contribution < 1.29 is 4.52 Å². The molecule has 2 heterocycles. The van der Waals surface area contributed by atoms with E-state index in [0.717, 1.165) is 0 Å². The average Bonchev–Trinajstić information content (AvgIpc) is 2.71. The van der Waals surface area contributed by atoms with Crippen molar-refractivity contribution in [1.29, 1.82) is 0 Å². The molecule has 0 N–H and O–H groups in total. The quantitative estimate of drug-likeness (QED) is 0.729. The van der Waals surface area contributed by atoms with E-state index in [2.05, 4.69) is 36.3 Å². The second-order valence-electron chi connectivity index (χ2n) is 2.37. The Labute approximate surface area is 82.1 Å². The van der Waals surface area contributed by atoms with Crippen LogP contribution in [-0.4, -0.2) is 25.1 Å². The van der Waals surface area contributed by atoms with Crippen molar-refractivity contribution in [2.24, 2.45) is 7.05 Å². The molecule has 0 bridgehead atoms. The maximum Gasteiger partial charge on any atom is 0.280 e. The number of alkyl halides is 1. The van der Waals surface area contributed by atoms with E-state index in [4.69, 9.17) is 4.52 Å². The van der Waals surface area contributed by atoms with Crippen molar-refractivity contribution in [3.8, 4) is 11.6 Å². The van der Waals surface area contributed by atoms with Crippen LogP contribution < -0.4 is 0 Å². The Balaban J connectivity index is 2.35. The van der Waals surface area contributed by atoms with Gasteiger partial charge in [-0.3, -0.25) is 0 Å². The molecule has 0 aliphatic carbocycles. The molecule has 13 heavy (non-hydrogen) atoms. The first-order valence-electron chi connectivity index (χ1n) is 3.55. The zero-order valence-electron chi connectivity index (χ0n) is 6.81. The van der Waals surface area contributed by atoms with Crippen LogP contribution in [0.4, 0.5) is 0 Å². The summed E-state index contributed by atoms with van der Waals surface area (Å²) >= 11 is 3.22. The summed E-state index contributed by atoms with van der Waals surface area (Å²) in [4.78, 5) is 5.51. The normalized spacial score (nSPS) is 10.6. The van der Waals surface area contributed by atoms with Gasteiger partial charge in [0.15, 0.2) is 11.5 Å². The van der Waals surface area contributed by atoms with Crippen LogP contribution in [0.1, 0.15) is 5.82 Å². The first-order valence-corrected chi connectivity index (χ1v) is 4.67. The van der Waals surface area contributed by atoms with Crippen LogP contribution in [0.3, 0.4) is 0 Å². The van der Waals surface area contributed by atoms with Crippen LogP contribution >= 0.6 is 15.9 Å². The lowest BCUT2D eigenvalue weighted by atomic mass is 10.5. The molecule has 2 aromatic rings. The maximum atomic E-state index is 4.95. The van der Waals surface area contributed by atoms with Crippen LogP contribution in [0.5, 0.6) is 0 Å². The largest absolute Gasteiger partial charge is 0.332 e. The van der Waals surface area contributed by atoms with E-state index < -0.39 is 0 Å². The minimum absolute atomic E-state index is 0.391. The van der Waals surface area contributed by atoms with E-state index >= 15 is 0 Å². The Hall–Kier alpha value is -1.24. The summed E-state index contributed by atoms with van der Waals surface area (Å²) in [7, 11) is 1.73. The molecule has 0 amide bonds. The van der Waals surface area contributed by atoms with E-state index in [9.17, 15) is 0 Å². The molecular formula is C6H6BrN5O. The SMILES string of the molecule is Cn1ncc(-c2nc(CBr)no2)n1. The molecule has 7 heteroatoms. The van der Waals surface area contributed by atoms with Gasteiger partial charge < -0.3 is 4.52 Å². The molecule has 0 saturated heterocycles. The highest BCUT2D eigenvalue weighted by Crippen LogP contribution is 2.13. The van der Waals surface area contributed by atoms with Crippen molar-refractivity contribution in [2.45, 2.75) is 5.33 Å².